The molecule has 0 atom stereocenters. The van der Waals surface area contributed by atoms with E-state index in [2.05, 4.69) is 31.2 Å². The van der Waals surface area contributed by atoms with Crippen LogP contribution >= 0.6 is 0 Å². The fourth-order valence-electron chi connectivity index (χ4n) is 4.02. The number of rotatable bonds is 3. The number of aromatic hydroxyl groups is 2. The minimum absolute atomic E-state index is 0.00826. The van der Waals surface area contributed by atoms with E-state index >= 15 is 0 Å². The van der Waals surface area contributed by atoms with E-state index in [0.29, 0.717) is 11.5 Å². The van der Waals surface area contributed by atoms with Gasteiger partial charge in [0.05, 0.1) is 0 Å². The van der Waals surface area contributed by atoms with Crippen molar-refractivity contribution in [3.8, 4) is 11.5 Å². The summed E-state index contributed by atoms with van der Waals surface area (Å²) in [6.07, 6.45) is 6.84. The standard InChI is InChI=1S/C21H26O2/c1-3-16-14-18(8-10-20(16)23)21(11-5-4-6-12-21)17-7-9-19(22)15(2)13-17/h7-10,13-14,22-23H,3-6,11-12H2,1-2H3. The summed E-state index contributed by atoms with van der Waals surface area (Å²) in [5.41, 5.74) is 4.55. The van der Waals surface area contributed by atoms with E-state index in [1.807, 2.05) is 19.1 Å². The van der Waals surface area contributed by atoms with Crippen LogP contribution < -0.4 is 0 Å². The van der Waals surface area contributed by atoms with Gasteiger partial charge in [-0.05, 0) is 60.6 Å². The lowest BCUT2D eigenvalue weighted by Crippen LogP contribution is -2.30. The minimum atomic E-state index is 0.00826. The zero-order valence-electron chi connectivity index (χ0n) is 14.1. The molecule has 1 aliphatic rings. The second kappa shape index (κ2) is 6.27. The lowest BCUT2D eigenvalue weighted by molar-refractivity contribution is 0.344. The summed E-state index contributed by atoms with van der Waals surface area (Å²) in [4.78, 5) is 0. The lowest BCUT2D eigenvalue weighted by atomic mass is 9.65. The normalized spacial score (nSPS) is 17.1. The summed E-state index contributed by atoms with van der Waals surface area (Å²) in [7, 11) is 0. The van der Waals surface area contributed by atoms with Gasteiger partial charge in [-0.1, -0.05) is 50.5 Å². The van der Waals surface area contributed by atoms with Crippen molar-refractivity contribution in [1.82, 2.24) is 0 Å². The molecule has 0 spiro atoms. The monoisotopic (exact) mass is 310 g/mol. The first-order valence-corrected chi connectivity index (χ1v) is 8.69. The zero-order valence-corrected chi connectivity index (χ0v) is 14.1. The summed E-state index contributed by atoms with van der Waals surface area (Å²) < 4.78 is 0. The van der Waals surface area contributed by atoms with E-state index in [9.17, 15) is 10.2 Å². The van der Waals surface area contributed by atoms with E-state index in [1.165, 1.54) is 30.4 Å². The Hall–Kier alpha value is -1.96. The van der Waals surface area contributed by atoms with Crippen LogP contribution in [-0.2, 0) is 11.8 Å². The fourth-order valence-corrected chi connectivity index (χ4v) is 4.02. The first-order valence-electron chi connectivity index (χ1n) is 8.69. The van der Waals surface area contributed by atoms with Crippen LogP contribution in [0.2, 0.25) is 0 Å². The Labute approximate surface area is 138 Å². The van der Waals surface area contributed by atoms with Crippen molar-refractivity contribution in [2.75, 3.05) is 0 Å². The molecule has 0 aromatic heterocycles. The molecule has 23 heavy (non-hydrogen) atoms. The summed E-state index contributed by atoms with van der Waals surface area (Å²) >= 11 is 0. The van der Waals surface area contributed by atoms with Crippen LogP contribution in [0.25, 0.3) is 0 Å². The maximum absolute atomic E-state index is 10.0. The summed E-state index contributed by atoms with van der Waals surface area (Å²) in [6.45, 7) is 4.04. The zero-order chi connectivity index (χ0) is 16.4. The average molecular weight is 310 g/mol. The molecule has 0 heterocycles. The van der Waals surface area contributed by atoms with Crippen LogP contribution in [-0.4, -0.2) is 10.2 Å². The molecule has 2 aromatic rings. The summed E-state index contributed by atoms with van der Waals surface area (Å²) in [5, 5.41) is 19.9. The molecule has 1 saturated carbocycles. The molecule has 0 amide bonds. The summed E-state index contributed by atoms with van der Waals surface area (Å²) in [6, 6.07) is 12.1. The van der Waals surface area contributed by atoms with Gasteiger partial charge in [0.2, 0.25) is 0 Å². The van der Waals surface area contributed by atoms with Crippen LogP contribution in [0.1, 0.15) is 61.3 Å². The van der Waals surface area contributed by atoms with Gasteiger partial charge in [0.15, 0.2) is 0 Å². The molecule has 122 valence electrons. The Bertz CT molecular complexity index is 697. The Morgan fingerprint density at radius 3 is 2.09 bits per heavy atom. The van der Waals surface area contributed by atoms with E-state index in [-0.39, 0.29) is 5.41 Å². The van der Waals surface area contributed by atoms with Crippen LogP contribution in [0.4, 0.5) is 0 Å². The molecule has 1 fully saturated rings. The van der Waals surface area contributed by atoms with Crippen molar-refractivity contribution >= 4 is 0 Å². The fraction of sp³-hybridized carbons (Fsp3) is 0.429. The lowest BCUT2D eigenvalue weighted by Gasteiger charge is -2.39. The molecule has 0 aliphatic heterocycles. The highest BCUT2D eigenvalue weighted by Gasteiger charge is 2.36. The van der Waals surface area contributed by atoms with Crippen LogP contribution in [0.5, 0.6) is 11.5 Å². The molecular formula is C21H26O2. The Morgan fingerprint density at radius 2 is 1.48 bits per heavy atom. The number of aryl methyl sites for hydroxylation is 2. The maximum Gasteiger partial charge on any atom is 0.118 e. The van der Waals surface area contributed by atoms with E-state index in [0.717, 1.165) is 30.4 Å². The highest BCUT2D eigenvalue weighted by molar-refractivity contribution is 5.48. The van der Waals surface area contributed by atoms with Gasteiger partial charge in [0.1, 0.15) is 11.5 Å². The van der Waals surface area contributed by atoms with Crippen LogP contribution in [0, 0.1) is 6.92 Å². The van der Waals surface area contributed by atoms with E-state index in [4.69, 9.17) is 0 Å². The van der Waals surface area contributed by atoms with Gasteiger partial charge in [0, 0.05) is 5.41 Å². The molecule has 1 aliphatic carbocycles. The van der Waals surface area contributed by atoms with Crippen molar-refractivity contribution in [2.45, 2.75) is 57.8 Å². The smallest absolute Gasteiger partial charge is 0.118 e. The summed E-state index contributed by atoms with van der Waals surface area (Å²) in [5.74, 6) is 0.753. The minimum Gasteiger partial charge on any atom is -0.508 e. The molecule has 0 radical (unpaired) electrons. The third-order valence-corrected chi connectivity index (χ3v) is 5.47. The SMILES string of the molecule is CCc1cc(C2(c3ccc(O)c(C)c3)CCCCC2)ccc1O. The molecular weight excluding hydrogens is 284 g/mol. The molecule has 0 bridgehead atoms. The van der Waals surface area contributed by atoms with Gasteiger partial charge in [-0.15, -0.1) is 0 Å². The first-order chi connectivity index (χ1) is 11.1. The second-order valence-electron chi connectivity index (χ2n) is 6.84. The number of benzene rings is 2. The van der Waals surface area contributed by atoms with Crippen molar-refractivity contribution in [3.05, 3.63) is 58.7 Å². The van der Waals surface area contributed by atoms with Gasteiger partial charge in [0.25, 0.3) is 0 Å². The van der Waals surface area contributed by atoms with E-state index < -0.39 is 0 Å². The van der Waals surface area contributed by atoms with Gasteiger partial charge >= 0.3 is 0 Å². The second-order valence-corrected chi connectivity index (χ2v) is 6.84. The van der Waals surface area contributed by atoms with Crippen molar-refractivity contribution < 1.29 is 10.2 Å². The third-order valence-electron chi connectivity index (χ3n) is 5.47. The largest absolute Gasteiger partial charge is 0.508 e. The number of phenolic OH excluding ortho intramolecular Hbond substituents is 2. The van der Waals surface area contributed by atoms with Gasteiger partial charge in [-0.25, -0.2) is 0 Å². The third kappa shape index (κ3) is 2.83. The maximum atomic E-state index is 10.0. The molecule has 0 saturated heterocycles. The highest BCUT2D eigenvalue weighted by Crippen LogP contribution is 2.46. The predicted octanol–water partition coefficient (Wildman–Crippen LogP) is 5.22. The van der Waals surface area contributed by atoms with Gasteiger partial charge in [-0.3, -0.25) is 0 Å². The first kappa shape index (κ1) is 15.9. The topological polar surface area (TPSA) is 40.5 Å². The highest BCUT2D eigenvalue weighted by atomic mass is 16.3. The van der Waals surface area contributed by atoms with Crippen LogP contribution in [0.15, 0.2) is 36.4 Å². The Kier molecular flexibility index (Phi) is 4.34. The molecule has 2 aromatic carbocycles. The molecule has 2 heteroatoms. The number of hydrogen-bond donors (Lipinski definition) is 2. The average Bonchev–Trinajstić information content (AvgIpc) is 2.58. The number of hydrogen-bond acceptors (Lipinski definition) is 2. The Balaban J connectivity index is 2.15. The number of phenols is 2. The molecule has 0 unspecified atom stereocenters. The van der Waals surface area contributed by atoms with Crippen LogP contribution in [0.3, 0.4) is 0 Å². The Morgan fingerprint density at radius 1 is 0.870 bits per heavy atom. The molecule has 2 nitrogen and oxygen atoms in total. The quantitative estimate of drug-likeness (QED) is 0.816. The molecule has 2 N–H and O–H groups in total. The van der Waals surface area contributed by atoms with Crippen molar-refractivity contribution in [1.29, 1.82) is 0 Å². The van der Waals surface area contributed by atoms with Crippen molar-refractivity contribution in [2.24, 2.45) is 0 Å². The van der Waals surface area contributed by atoms with E-state index in [1.54, 1.807) is 0 Å². The predicted molar refractivity (Wildman–Crippen MR) is 94.2 cm³/mol. The van der Waals surface area contributed by atoms with Crippen molar-refractivity contribution in [3.63, 3.8) is 0 Å². The van der Waals surface area contributed by atoms with Gasteiger partial charge in [-0.2, -0.15) is 0 Å². The molecule has 3 rings (SSSR count). The van der Waals surface area contributed by atoms with Gasteiger partial charge < -0.3 is 10.2 Å².